The molecule has 1 aliphatic rings. The van der Waals surface area contributed by atoms with Gasteiger partial charge in [-0.05, 0) is 30.7 Å². The second-order valence-corrected chi connectivity index (χ2v) is 8.04. The molecule has 0 unspecified atom stereocenters. The summed E-state index contributed by atoms with van der Waals surface area (Å²) < 4.78 is 6.51. The number of hydrogen-bond acceptors (Lipinski definition) is 9. The fourth-order valence-electron chi connectivity index (χ4n) is 3.19. The van der Waals surface area contributed by atoms with Crippen LogP contribution in [0, 0.1) is 0 Å². The van der Waals surface area contributed by atoms with Gasteiger partial charge in [0.25, 0.3) is 11.8 Å². The Hall–Kier alpha value is -3.70. The van der Waals surface area contributed by atoms with Crippen LogP contribution in [0.4, 0.5) is 5.69 Å². The summed E-state index contributed by atoms with van der Waals surface area (Å²) in [7, 11) is 0. The van der Waals surface area contributed by atoms with Gasteiger partial charge in [0, 0.05) is 22.0 Å². The van der Waals surface area contributed by atoms with Crippen molar-refractivity contribution in [1.82, 2.24) is 19.9 Å². The maximum Gasteiger partial charge on any atom is 0.289 e. The maximum absolute atomic E-state index is 12.5. The molecule has 3 N–H and O–H groups in total. The summed E-state index contributed by atoms with van der Waals surface area (Å²) in [6.45, 7) is 2.25. The molecular formula is C19H12ClN7O3S. The van der Waals surface area contributed by atoms with Gasteiger partial charge in [-0.25, -0.2) is 19.9 Å². The summed E-state index contributed by atoms with van der Waals surface area (Å²) in [5, 5.41) is 3.96. The Morgan fingerprint density at radius 2 is 2.10 bits per heavy atom. The highest BCUT2D eigenvalue weighted by Crippen LogP contribution is 2.40. The third-order valence-corrected chi connectivity index (χ3v) is 5.87. The molecule has 4 heterocycles. The lowest BCUT2D eigenvalue weighted by Gasteiger charge is -2.09. The Bertz CT molecular complexity index is 1450. The molecule has 0 bridgehead atoms. The molecule has 0 fully saturated rings. The molecule has 4 aromatic rings. The molecular weight excluding hydrogens is 442 g/mol. The average molecular weight is 454 g/mol. The summed E-state index contributed by atoms with van der Waals surface area (Å²) in [4.78, 5) is 45.3. The highest BCUT2D eigenvalue weighted by Gasteiger charge is 2.23. The van der Waals surface area contributed by atoms with Crippen molar-refractivity contribution in [2.75, 3.05) is 11.9 Å². The molecule has 0 radical (unpaired) electrons. The Labute approximate surface area is 183 Å². The van der Waals surface area contributed by atoms with Gasteiger partial charge < -0.3 is 15.8 Å². The molecule has 10 nitrogen and oxygen atoms in total. The largest absolute Gasteiger partial charge is 0.418 e. The molecule has 2 amide bonds. The number of hydrogen-bond donors (Lipinski definition) is 2. The van der Waals surface area contributed by atoms with E-state index in [0.29, 0.717) is 33.9 Å². The van der Waals surface area contributed by atoms with Gasteiger partial charge in [-0.3, -0.25) is 9.59 Å². The number of carbonyl (C=O) groups is 2. The second kappa shape index (κ2) is 7.22. The van der Waals surface area contributed by atoms with E-state index in [2.05, 4.69) is 30.2 Å². The van der Waals surface area contributed by atoms with E-state index >= 15 is 0 Å². The van der Waals surface area contributed by atoms with Crippen LogP contribution in [0.15, 0.2) is 29.5 Å². The summed E-state index contributed by atoms with van der Waals surface area (Å²) in [5.41, 5.74) is 7.82. The SMILES string of the molecule is CC1=NC(=O)c2sc3ccc4nc(Oc5nc(Cl)ncc5C(N)=O)cnc4c3c2NC1. The Morgan fingerprint density at radius 3 is 2.90 bits per heavy atom. The number of aromatic nitrogens is 4. The molecule has 1 aliphatic heterocycles. The van der Waals surface area contributed by atoms with Crippen molar-refractivity contribution >= 4 is 67.3 Å². The van der Waals surface area contributed by atoms with Crippen LogP contribution in [0.2, 0.25) is 5.28 Å². The molecule has 1 aromatic carbocycles. The van der Waals surface area contributed by atoms with Gasteiger partial charge in [0.2, 0.25) is 17.0 Å². The Morgan fingerprint density at radius 1 is 1.26 bits per heavy atom. The minimum atomic E-state index is -0.767. The number of nitrogens with two attached hydrogens (primary N) is 1. The molecule has 5 rings (SSSR count). The summed E-state index contributed by atoms with van der Waals surface area (Å²) in [6, 6.07) is 3.63. The first-order valence-corrected chi connectivity index (χ1v) is 10.1. The second-order valence-electron chi connectivity index (χ2n) is 6.65. The number of thiophene rings is 1. The lowest BCUT2D eigenvalue weighted by Crippen LogP contribution is -2.14. The van der Waals surface area contributed by atoms with Crippen LogP contribution >= 0.6 is 22.9 Å². The van der Waals surface area contributed by atoms with Crippen molar-refractivity contribution in [3.8, 4) is 11.8 Å². The first-order chi connectivity index (χ1) is 14.9. The van der Waals surface area contributed by atoms with Crippen molar-refractivity contribution in [3.63, 3.8) is 0 Å². The normalized spacial score (nSPS) is 13.5. The van der Waals surface area contributed by atoms with Crippen LogP contribution in [0.5, 0.6) is 11.8 Å². The van der Waals surface area contributed by atoms with E-state index < -0.39 is 5.91 Å². The number of benzene rings is 1. The zero-order valence-corrected chi connectivity index (χ0v) is 17.4. The maximum atomic E-state index is 12.5. The lowest BCUT2D eigenvalue weighted by molar-refractivity contribution is 0.0992. The minimum Gasteiger partial charge on any atom is -0.418 e. The topological polar surface area (TPSA) is 145 Å². The van der Waals surface area contributed by atoms with E-state index in [0.717, 1.165) is 10.1 Å². The van der Waals surface area contributed by atoms with Gasteiger partial charge in [-0.2, -0.15) is 4.98 Å². The number of primary amides is 1. The first-order valence-electron chi connectivity index (χ1n) is 8.95. The van der Waals surface area contributed by atoms with E-state index in [1.54, 1.807) is 13.0 Å². The van der Waals surface area contributed by atoms with E-state index in [9.17, 15) is 9.59 Å². The Balaban J connectivity index is 1.61. The third-order valence-electron chi connectivity index (χ3n) is 4.54. The van der Waals surface area contributed by atoms with Crippen molar-refractivity contribution in [2.45, 2.75) is 6.92 Å². The zero-order valence-electron chi connectivity index (χ0n) is 15.8. The monoisotopic (exact) mass is 453 g/mol. The molecule has 0 saturated carbocycles. The predicted octanol–water partition coefficient (Wildman–Crippen LogP) is 3.21. The molecule has 12 heteroatoms. The smallest absolute Gasteiger partial charge is 0.289 e. The van der Waals surface area contributed by atoms with Crippen LogP contribution in [0.1, 0.15) is 27.0 Å². The minimum absolute atomic E-state index is 0.0389. The molecule has 0 aliphatic carbocycles. The quantitative estimate of drug-likeness (QED) is 0.449. The summed E-state index contributed by atoms with van der Waals surface area (Å²) >= 11 is 7.16. The molecule has 154 valence electrons. The van der Waals surface area contributed by atoms with Gasteiger partial charge in [-0.1, -0.05) is 0 Å². The van der Waals surface area contributed by atoms with Crippen molar-refractivity contribution in [1.29, 1.82) is 0 Å². The van der Waals surface area contributed by atoms with Gasteiger partial charge >= 0.3 is 0 Å². The number of fused-ring (bicyclic) bond motifs is 5. The molecule has 3 aromatic heterocycles. The standard InChI is InChI=1S/C19H12ClN7O3S/c1-7-4-22-14-12-10(31-15(14)17(29)25-7)3-2-9-13(12)23-6-11(26-9)30-18-8(16(21)28)5-24-19(20)27-18/h2-3,5-6,22H,4H2,1H3,(H2,21,28). The average Bonchev–Trinajstić information content (AvgIpc) is 3.04. The van der Waals surface area contributed by atoms with Crippen LogP contribution in [-0.2, 0) is 0 Å². The predicted molar refractivity (Wildman–Crippen MR) is 116 cm³/mol. The molecule has 0 atom stereocenters. The van der Waals surface area contributed by atoms with Crippen LogP contribution < -0.4 is 15.8 Å². The van der Waals surface area contributed by atoms with E-state index in [1.807, 2.05) is 6.07 Å². The lowest BCUT2D eigenvalue weighted by atomic mass is 10.1. The van der Waals surface area contributed by atoms with Gasteiger partial charge in [-0.15, -0.1) is 11.3 Å². The number of carbonyl (C=O) groups excluding carboxylic acids is 2. The van der Waals surface area contributed by atoms with Gasteiger partial charge in [0.15, 0.2) is 0 Å². The fraction of sp³-hybridized carbons (Fsp3) is 0.105. The van der Waals surface area contributed by atoms with E-state index in [-0.39, 0.29) is 28.5 Å². The van der Waals surface area contributed by atoms with Crippen molar-refractivity contribution in [2.24, 2.45) is 10.7 Å². The molecule has 0 saturated heterocycles. The van der Waals surface area contributed by atoms with E-state index in [4.69, 9.17) is 22.1 Å². The number of aliphatic imine (C=N–C) groups is 1. The van der Waals surface area contributed by atoms with Crippen LogP contribution in [0.25, 0.3) is 21.1 Å². The fourth-order valence-corrected chi connectivity index (χ4v) is 4.38. The number of ether oxygens (including phenoxy) is 1. The van der Waals surface area contributed by atoms with Crippen LogP contribution in [-0.4, -0.2) is 44.0 Å². The number of nitrogens with one attached hydrogen (secondary N) is 1. The number of anilines is 1. The summed E-state index contributed by atoms with van der Waals surface area (Å²) in [5.74, 6) is -1.07. The van der Waals surface area contributed by atoms with Crippen LogP contribution in [0.3, 0.4) is 0 Å². The third kappa shape index (κ3) is 3.33. The number of nitrogens with zero attached hydrogens (tertiary/aromatic N) is 5. The van der Waals surface area contributed by atoms with Crippen molar-refractivity contribution in [3.05, 3.63) is 40.3 Å². The zero-order chi connectivity index (χ0) is 21.7. The van der Waals surface area contributed by atoms with E-state index in [1.165, 1.54) is 23.7 Å². The number of halogens is 1. The number of amides is 2. The van der Waals surface area contributed by atoms with Gasteiger partial charge in [0.1, 0.15) is 10.4 Å². The first kappa shape index (κ1) is 19.3. The molecule has 0 spiro atoms. The highest BCUT2D eigenvalue weighted by molar-refractivity contribution is 7.21. The highest BCUT2D eigenvalue weighted by atomic mass is 35.5. The Kier molecular flexibility index (Phi) is 4.49. The summed E-state index contributed by atoms with van der Waals surface area (Å²) in [6.07, 6.45) is 2.57. The van der Waals surface area contributed by atoms with Crippen molar-refractivity contribution < 1.29 is 14.3 Å². The van der Waals surface area contributed by atoms with Gasteiger partial charge in [0.05, 0.1) is 29.5 Å². The number of rotatable bonds is 3. The molecule has 31 heavy (non-hydrogen) atoms.